The summed E-state index contributed by atoms with van der Waals surface area (Å²) in [6, 6.07) is 0. The van der Waals surface area contributed by atoms with Crippen LogP contribution in [0, 0.1) is 5.92 Å². The van der Waals surface area contributed by atoms with E-state index in [1.165, 1.54) is 32.1 Å². The first-order chi connectivity index (χ1) is 5.93. The third-order valence-electron chi connectivity index (χ3n) is 2.51. The van der Waals surface area contributed by atoms with Crippen LogP contribution in [-0.2, 0) is 9.16 Å². The molecule has 0 aromatic carbocycles. The third kappa shape index (κ3) is 4.23. The second-order valence-corrected chi connectivity index (χ2v) is 4.15. The molecule has 0 amide bonds. The molecule has 1 fully saturated rings. The minimum absolute atomic E-state index is 0.791. The monoisotopic (exact) mass is 188 g/mol. The topological polar surface area (TPSA) is 18.5 Å². The summed E-state index contributed by atoms with van der Waals surface area (Å²) in [6.07, 6.45) is 7.00. The third-order valence-corrected chi connectivity index (χ3v) is 2.92. The van der Waals surface area contributed by atoms with Gasteiger partial charge < -0.3 is 9.16 Å². The van der Waals surface area contributed by atoms with Crippen molar-refractivity contribution in [2.45, 2.75) is 32.1 Å². The molecule has 12 heavy (non-hydrogen) atoms. The molecule has 1 saturated carbocycles. The molecule has 0 unspecified atom stereocenters. The first-order valence-electron chi connectivity index (χ1n) is 5.00. The standard InChI is InChI=1S/C9H20O2Si/c12-11-7-6-10-8-9-4-2-1-3-5-9/h9H,1-8H2,12H3. The van der Waals surface area contributed by atoms with Crippen molar-refractivity contribution in [3.63, 3.8) is 0 Å². The number of hydrogen-bond acceptors (Lipinski definition) is 2. The van der Waals surface area contributed by atoms with Gasteiger partial charge in [-0.2, -0.15) is 0 Å². The highest BCUT2D eigenvalue weighted by molar-refractivity contribution is 5.97. The molecular formula is C9H20O2Si. The van der Waals surface area contributed by atoms with Gasteiger partial charge >= 0.3 is 0 Å². The largest absolute Gasteiger partial charge is 0.426 e. The van der Waals surface area contributed by atoms with Gasteiger partial charge in [0.05, 0.1) is 13.2 Å². The van der Waals surface area contributed by atoms with E-state index in [0.717, 1.165) is 36.2 Å². The molecule has 0 saturated heterocycles. The van der Waals surface area contributed by atoms with Crippen molar-refractivity contribution in [1.82, 2.24) is 0 Å². The maximum absolute atomic E-state index is 5.51. The lowest BCUT2D eigenvalue weighted by Gasteiger charge is -2.21. The normalized spacial score (nSPS) is 20.0. The molecule has 0 aromatic heterocycles. The predicted octanol–water partition coefficient (Wildman–Crippen LogP) is 0.880. The highest BCUT2D eigenvalue weighted by Gasteiger charge is 2.12. The highest BCUT2D eigenvalue weighted by Crippen LogP contribution is 2.23. The van der Waals surface area contributed by atoms with Gasteiger partial charge in [-0.1, -0.05) is 19.3 Å². The first kappa shape index (κ1) is 10.2. The summed E-state index contributed by atoms with van der Waals surface area (Å²) in [5.41, 5.74) is 0. The zero-order chi connectivity index (χ0) is 8.65. The average Bonchev–Trinajstić information content (AvgIpc) is 2.14. The fourth-order valence-corrected chi connectivity index (χ4v) is 1.91. The average molecular weight is 188 g/mol. The number of rotatable bonds is 5. The van der Waals surface area contributed by atoms with Gasteiger partial charge in [-0.15, -0.1) is 0 Å². The lowest BCUT2D eigenvalue weighted by atomic mass is 9.90. The Bertz CT molecular complexity index is 103. The van der Waals surface area contributed by atoms with E-state index < -0.39 is 0 Å². The zero-order valence-corrected chi connectivity index (χ0v) is 10.1. The molecule has 72 valence electrons. The zero-order valence-electron chi connectivity index (χ0n) is 8.05. The molecule has 0 aliphatic heterocycles. The van der Waals surface area contributed by atoms with Crippen LogP contribution >= 0.6 is 0 Å². The van der Waals surface area contributed by atoms with Gasteiger partial charge in [0.2, 0.25) is 0 Å². The van der Waals surface area contributed by atoms with E-state index in [2.05, 4.69) is 0 Å². The first-order valence-corrected chi connectivity index (χ1v) is 5.82. The summed E-state index contributed by atoms with van der Waals surface area (Å²) in [5, 5.41) is 0. The van der Waals surface area contributed by atoms with Crippen molar-refractivity contribution in [3.8, 4) is 0 Å². The fraction of sp³-hybridized carbons (Fsp3) is 1.00. The van der Waals surface area contributed by atoms with Crippen molar-refractivity contribution in [1.29, 1.82) is 0 Å². The second kappa shape index (κ2) is 6.63. The van der Waals surface area contributed by atoms with E-state index in [1.54, 1.807) is 0 Å². The van der Waals surface area contributed by atoms with Crippen molar-refractivity contribution >= 4 is 10.5 Å². The summed E-state index contributed by atoms with van der Waals surface area (Å²) in [4.78, 5) is 0. The van der Waals surface area contributed by atoms with Crippen molar-refractivity contribution in [2.24, 2.45) is 5.92 Å². The van der Waals surface area contributed by atoms with Gasteiger partial charge in [-0.05, 0) is 18.8 Å². The van der Waals surface area contributed by atoms with E-state index in [4.69, 9.17) is 9.16 Å². The molecule has 0 atom stereocenters. The molecule has 2 nitrogen and oxygen atoms in total. The van der Waals surface area contributed by atoms with Crippen molar-refractivity contribution in [3.05, 3.63) is 0 Å². The Labute approximate surface area is 78.2 Å². The molecule has 0 bridgehead atoms. The Morgan fingerprint density at radius 2 is 1.83 bits per heavy atom. The van der Waals surface area contributed by atoms with E-state index in [-0.39, 0.29) is 0 Å². The molecule has 3 heteroatoms. The van der Waals surface area contributed by atoms with E-state index in [9.17, 15) is 0 Å². The number of ether oxygens (including phenoxy) is 1. The molecule has 0 heterocycles. The molecule has 0 spiro atoms. The smallest absolute Gasteiger partial charge is 0.146 e. The van der Waals surface area contributed by atoms with Crippen molar-refractivity contribution < 1.29 is 9.16 Å². The van der Waals surface area contributed by atoms with E-state index >= 15 is 0 Å². The van der Waals surface area contributed by atoms with Crippen LogP contribution in [0.25, 0.3) is 0 Å². The Morgan fingerprint density at radius 1 is 1.08 bits per heavy atom. The Hall–Kier alpha value is 0.137. The number of hydrogen-bond donors (Lipinski definition) is 0. The summed E-state index contributed by atoms with van der Waals surface area (Å²) in [5.74, 6) is 0.841. The second-order valence-electron chi connectivity index (χ2n) is 3.57. The molecule has 0 N–H and O–H groups in total. The highest BCUT2D eigenvalue weighted by atomic mass is 28.2. The van der Waals surface area contributed by atoms with Gasteiger partial charge in [0.15, 0.2) is 0 Å². The Balaban J connectivity index is 1.91. The van der Waals surface area contributed by atoms with E-state index in [0.29, 0.717) is 0 Å². The fourth-order valence-electron chi connectivity index (χ4n) is 1.75. The van der Waals surface area contributed by atoms with Crippen LogP contribution in [0.2, 0.25) is 0 Å². The van der Waals surface area contributed by atoms with Gasteiger partial charge in [0, 0.05) is 6.61 Å². The van der Waals surface area contributed by atoms with Crippen molar-refractivity contribution in [2.75, 3.05) is 19.8 Å². The molecule has 1 aliphatic rings. The lowest BCUT2D eigenvalue weighted by molar-refractivity contribution is 0.0654. The summed E-state index contributed by atoms with van der Waals surface area (Å²) in [6.45, 7) is 2.55. The van der Waals surface area contributed by atoms with Crippen LogP contribution in [-0.4, -0.2) is 30.3 Å². The predicted molar refractivity (Wildman–Crippen MR) is 53.3 cm³/mol. The van der Waals surface area contributed by atoms with Crippen LogP contribution in [0.4, 0.5) is 0 Å². The molecule has 0 aromatic rings. The minimum Gasteiger partial charge on any atom is -0.426 e. The summed E-state index contributed by atoms with van der Waals surface area (Å²) in [7, 11) is 0.836. The van der Waals surface area contributed by atoms with E-state index in [1.807, 2.05) is 0 Å². The SMILES string of the molecule is [SiH3]OCCOCC1CCCCC1. The van der Waals surface area contributed by atoms with Crippen LogP contribution in [0.15, 0.2) is 0 Å². The molecular weight excluding hydrogens is 168 g/mol. The Kier molecular flexibility index (Phi) is 5.65. The molecule has 1 aliphatic carbocycles. The maximum atomic E-state index is 5.51. The van der Waals surface area contributed by atoms with Gasteiger partial charge in [-0.25, -0.2) is 0 Å². The molecule has 0 radical (unpaired) electrons. The van der Waals surface area contributed by atoms with Gasteiger partial charge in [0.1, 0.15) is 10.5 Å². The van der Waals surface area contributed by atoms with Gasteiger partial charge in [0.25, 0.3) is 0 Å². The van der Waals surface area contributed by atoms with Crippen LogP contribution in [0.1, 0.15) is 32.1 Å². The molecule has 1 rings (SSSR count). The minimum atomic E-state index is 0.791. The maximum Gasteiger partial charge on any atom is 0.146 e. The lowest BCUT2D eigenvalue weighted by Crippen LogP contribution is -2.15. The van der Waals surface area contributed by atoms with Crippen LogP contribution in [0.5, 0.6) is 0 Å². The quantitative estimate of drug-likeness (QED) is 0.471. The summed E-state index contributed by atoms with van der Waals surface area (Å²) >= 11 is 0. The Morgan fingerprint density at radius 3 is 2.50 bits per heavy atom. The van der Waals surface area contributed by atoms with Gasteiger partial charge in [-0.3, -0.25) is 0 Å². The summed E-state index contributed by atoms with van der Waals surface area (Å²) < 4.78 is 10.6. The van der Waals surface area contributed by atoms with Crippen LogP contribution in [0.3, 0.4) is 0 Å². The van der Waals surface area contributed by atoms with Crippen LogP contribution < -0.4 is 0 Å².